The van der Waals surface area contributed by atoms with Crippen molar-refractivity contribution in [3.63, 3.8) is 0 Å². The van der Waals surface area contributed by atoms with E-state index in [1.54, 1.807) is 6.07 Å². The molecule has 21 heavy (non-hydrogen) atoms. The van der Waals surface area contributed by atoms with E-state index in [9.17, 15) is 8.42 Å². The molecular weight excluding hydrogens is 360 g/mol. The van der Waals surface area contributed by atoms with Crippen LogP contribution in [-0.4, -0.2) is 24.4 Å². The van der Waals surface area contributed by atoms with Crippen LogP contribution in [0.1, 0.15) is 5.56 Å². The first kappa shape index (κ1) is 15.3. The van der Waals surface area contributed by atoms with Crippen LogP contribution in [-0.2, 0) is 10.0 Å². The third kappa shape index (κ3) is 3.50. The second kappa shape index (κ2) is 6.10. The average molecular weight is 371 g/mol. The molecule has 0 bridgehead atoms. The summed E-state index contributed by atoms with van der Waals surface area (Å²) < 4.78 is 27.6. The van der Waals surface area contributed by atoms with Gasteiger partial charge in [0.15, 0.2) is 5.84 Å². The first-order chi connectivity index (χ1) is 9.94. The lowest BCUT2D eigenvalue weighted by Crippen LogP contribution is -2.19. The van der Waals surface area contributed by atoms with Gasteiger partial charge < -0.3 is 10.9 Å². The molecule has 110 valence electrons. The van der Waals surface area contributed by atoms with E-state index >= 15 is 0 Å². The number of benzene rings is 1. The molecule has 1 aromatic heterocycles. The summed E-state index contributed by atoms with van der Waals surface area (Å²) >= 11 is 3.24. The maximum Gasteiger partial charge on any atom is 0.263 e. The highest BCUT2D eigenvalue weighted by molar-refractivity contribution is 9.10. The molecule has 0 amide bonds. The SMILES string of the molecule is N/C(=N/O)c1ccc(Br)cc1NS(=O)(=O)c1cccnc1. The Labute approximate surface area is 129 Å². The Morgan fingerprint density at radius 2 is 2.14 bits per heavy atom. The van der Waals surface area contributed by atoms with Gasteiger partial charge in [-0.3, -0.25) is 9.71 Å². The van der Waals surface area contributed by atoms with Gasteiger partial charge in [0, 0.05) is 22.4 Å². The number of hydrogen-bond acceptors (Lipinski definition) is 5. The second-order valence-corrected chi connectivity index (χ2v) is 6.57. The lowest BCUT2D eigenvalue weighted by atomic mass is 10.2. The molecule has 0 spiro atoms. The van der Waals surface area contributed by atoms with Crippen LogP contribution in [0.4, 0.5) is 5.69 Å². The molecule has 0 aliphatic heterocycles. The van der Waals surface area contributed by atoms with E-state index in [0.29, 0.717) is 4.47 Å². The number of nitrogens with one attached hydrogen (secondary N) is 1. The fraction of sp³-hybridized carbons (Fsp3) is 0. The molecule has 0 saturated heterocycles. The van der Waals surface area contributed by atoms with Gasteiger partial charge in [-0.25, -0.2) is 8.42 Å². The fourth-order valence-corrected chi connectivity index (χ4v) is 2.98. The fourth-order valence-electron chi connectivity index (χ4n) is 1.59. The zero-order valence-corrected chi connectivity index (χ0v) is 13.0. The van der Waals surface area contributed by atoms with Crippen molar-refractivity contribution in [1.82, 2.24) is 4.98 Å². The Kier molecular flexibility index (Phi) is 4.43. The van der Waals surface area contributed by atoms with E-state index in [1.807, 2.05) is 0 Å². The van der Waals surface area contributed by atoms with Crippen LogP contribution in [0.25, 0.3) is 0 Å². The number of nitrogens with two attached hydrogens (primary N) is 1. The van der Waals surface area contributed by atoms with Crippen molar-refractivity contribution in [2.45, 2.75) is 4.90 Å². The monoisotopic (exact) mass is 370 g/mol. The maximum absolute atomic E-state index is 12.3. The molecule has 2 aromatic rings. The molecular formula is C12H11BrN4O3S. The van der Waals surface area contributed by atoms with Crippen molar-refractivity contribution < 1.29 is 13.6 Å². The summed E-state index contributed by atoms with van der Waals surface area (Å²) in [5.74, 6) is -0.202. The first-order valence-corrected chi connectivity index (χ1v) is 7.92. The number of pyridine rings is 1. The Hall–Kier alpha value is -2.13. The number of sulfonamides is 1. The van der Waals surface area contributed by atoms with Gasteiger partial charge in [0.25, 0.3) is 10.0 Å². The van der Waals surface area contributed by atoms with E-state index in [1.165, 1.54) is 36.7 Å². The Morgan fingerprint density at radius 3 is 2.76 bits per heavy atom. The van der Waals surface area contributed by atoms with Crippen molar-refractivity contribution in [1.29, 1.82) is 0 Å². The minimum Gasteiger partial charge on any atom is -0.409 e. The Morgan fingerprint density at radius 1 is 1.38 bits per heavy atom. The van der Waals surface area contributed by atoms with Crippen LogP contribution < -0.4 is 10.5 Å². The maximum atomic E-state index is 12.3. The number of oxime groups is 1. The molecule has 0 radical (unpaired) electrons. The molecule has 7 nitrogen and oxygen atoms in total. The summed E-state index contributed by atoms with van der Waals surface area (Å²) in [6, 6.07) is 7.62. The van der Waals surface area contributed by atoms with Crippen LogP contribution in [0.2, 0.25) is 0 Å². The Balaban J connectivity index is 2.46. The summed E-state index contributed by atoms with van der Waals surface area (Å²) in [6.45, 7) is 0. The zero-order valence-electron chi connectivity index (χ0n) is 10.6. The molecule has 2 rings (SSSR count). The van der Waals surface area contributed by atoms with E-state index < -0.39 is 10.0 Å². The molecule has 1 heterocycles. The van der Waals surface area contributed by atoms with Gasteiger partial charge in [-0.2, -0.15) is 0 Å². The van der Waals surface area contributed by atoms with E-state index in [2.05, 4.69) is 30.8 Å². The van der Waals surface area contributed by atoms with E-state index in [4.69, 9.17) is 10.9 Å². The zero-order chi connectivity index (χ0) is 15.5. The highest BCUT2D eigenvalue weighted by Crippen LogP contribution is 2.24. The van der Waals surface area contributed by atoms with E-state index in [0.717, 1.165) is 0 Å². The number of hydrogen-bond donors (Lipinski definition) is 3. The molecule has 0 saturated carbocycles. The molecule has 0 unspecified atom stereocenters. The number of aromatic nitrogens is 1. The van der Waals surface area contributed by atoms with E-state index in [-0.39, 0.29) is 22.0 Å². The standard InChI is InChI=1S/C12H11BrN4O3S/c13-8-3-4-10(12(14)16-18)11(6-8)17-21(19,20)9-2-1-5-15-7-9/h1-7,17-18H,(H2,14,16). The van der Waals surface area contributed by atoms with Crippen LogP contribution in [0.3, 0.4) is 0 Å². The highest BCUT2D eigenvalue weighted by atomic mass is 79.9. The summed E-state index contributed by atoms with van der Waals surface area (Å²) in [6.07, 6.45) is 2.70. The van der Waals surface area contributed by atoms with Crippen LogP contribution >= 0.6 is 15.9 Å². The minimum atomic E-state index is -3.82. The summed E-state index contributed by atoms with van der Waals surface area (Å²) in [5, 5.41) is 11.6. The van der Waals surface area contributed by atoms with Gasteiger partial charge in [-0.1, -0.05) is 21.1 Å². The van der Waals surface area contributed by atoms with Gasteiger partial charge >= 0.3 is 0 Å². The number of rotatable bonds is 4. The Bertz CT molecular complexity index is 778. The number of anilines is 1. The average Bonchev–Trinajstić information content (AvgIpc) is 2.47. The predicted molar refractivity (Wildman–Crippen MR) is 81.7 cm³/mol. The van der Waals surface area contributed by atoms with Gasteiger partial charge in [-0.15, -0.1) is 0 Å². The third-order valence-corrected chi connectivity index (χ3v) is 4.40. The van der Waals surface area contributed by atoms with Crippen LogP contribution in [0.15, 0.2) is 57.2 Å². The van der Waals surface area contributed by atoms with Crippen molar-refractivity contribution in [3.05, 3.63) is 52.8 Å². The van der Waals surface area contributed by atoms with Crippen molar-refractivity contribution >= 4 is 37.5 Å². The summed E-state index contributed by atoms with van der Waals surface area (Å²) in [7, 11) is -3.82. The lowest BCUT2D eigenvalue weighted by Gasteiger charge is -2.12. The van der Waals surface area contributed by atoms with Gasteiger partial charge in [0.1, 0.15) is 4.90 Å². The molecule has 1 aromatic carbocycles. The summed E-state index contributed by atoms with van der Waals surface area (Å²) in [4.78, 5) is 3.78. The van der Waals surface area contributed by atoms with Gasteiger partial charge in [-0.05, 0) is 30.3 Å². The molecule has 9 heteroatoms. The smallest absolute Gasteiger partial charge is 0.263 e. The normalized spacial score (nSPS) is 12.1. The molecule has 0 atom stereocenters. The van der Waals surface area contributed by atoms with Gasteiger partial charge in [0.2, 0.25) is 0 Å². The molecule has 4 N–H and O–H groups in total. The summed E-state index contributed by atoms with van der Waals surface area (Å²) in [5.41, 5.74) is 5.98. The van der Waals surface area contributed by atoms with Gasteiger partial charge in [0.05, 0.1) is 5.69 Å². The topological polar surface area (TPSA) is 118 Å². The van der Waals surface area contributed by atoms with Crippen molar-refractivity contribution in [2.24, 2.45) is 10.9 Å². The van der Waals surface area contributed by atoms with Crippen molar-refractivity contribution in [2.75, 3.05) is 4.72 Å². The quantitative estimate of drug-likeness (QED) is 0.328. The minimum absolute atomic E-state index is 0.00966. The highest BCUT2D eigenvalue weighted by Gasteiger charge is 2.17. The predicted octanol–water partition coefficient (Wildman–Crippen LogP) is 1.74. The second-order valence-electron chi connectivity index (χ2n) is 3.97. The largest absolute Gasteiger partial charge is 0.409 e. The lowest BCUT2D eigenvalue weighted by molar-refractivity contribution is 0.318. The van der Waals surface area contributed by atoms with Crippen LogP contribution in [0.5, 0.6) is 0 Å². The molecule has 0 fully saturated rings. The third-order valence-electron chi connectivity index (χ3n) is 2.55. The molecule has 0 aliphatic rings. The number of amidine groups is 1. The van der Waals surface area contributed by atoms with Crippen LogP contribution in [0, 0.1) is 0 Å². The number of nitrogens with zero attached hydrogens (tertiary/aromatic N) is 2. The van der Waals surface area contributed by atoms with Crippen molar-refractivity contribution in [3.8, 4) is 0 Å². The molecule has 0 aliphatic carbocycles. The first-order valence-electron chi connectivity index (χ1n) is 5.64. The number of halogens is 1.